The first kappa shape index (κ1) is 16.3. The summed E-state index contributed by atoms with van der Waals surface area (Å²) in [5.41, 5.74) is 3.46. The van der Waals surface area contributed by atoms with E-state index in [0.717, 1.165) is 32.1 Å². The molecule has 0 radical (unpaired) electrons. The molecule has 0 fully saturated rings. The maximum atomic E-state index is 8.06. The highest BCUT2D eigenvalue weighted by atomic mass is 32.2. The normalized spacial score (nSPS) is 12.6. The van der Waals surface area contributed by atoms with Crippen LogP contribution in [0.15, 0.2) is 57.1 Å². The second-order valence-electron chi connectivity index (χ2n) is 6.45. The van der Waals surface area contributed by atoms with Crippen LogP contribution in [0.4, 0.5) is 11.4 Å². The highest BCUT2D eigenvalue weighted by Crippen LogP contribution is 2.50. The average Bonchev–Trinajstić information content (AvgIpc) is 2.77. The molecule has 3 aliphatic heterocycles. The van der Waals surface area contributed by atoms with E-state index in [2.05, 4.69) is 20.3 Å². The molecule has 0 bridgehead atoms. The Morgan fingerprint density at radius 1 is 1.07 bits per heavy atom. The minimum atomic E-state index is 0.0324. The largest absolute Gasteiger partial charge is 0.481 e. The zero-order valence-electron chi connectivity index (χ0n) is 15.1. The molecule has 0 spiro atoms. The first-order valence-electron chi connectivity index (χ1n) is 8.77. The van der Waals surface area contributed by atoms with Gasteiger partial charge >= 0.3 is 0 Å². The summed E-state index contributed by atoms with van der Waals surface area (Å²) in [6.07, 6.45) is 1.31. The second kappa shape index (κ2) is 5.89. The molecule has 0 amide bonds. The van der Waals surface area contributed by atoms with Gasteiger partial charge in [-0.05, 0) is 6.07 Å². The summed E-state index contributed by atoms with van der Waals surface area (Å²) < 4.78 is 11.4. The van der Waals surface area contributed by atoms with Crippen LogP contribution in [0.1, 0.15) is 0 Å². The molecule has 0 saturated carbocycles. The van der Waals surface area contributed by atoms with Gasteiger partial charge in [-0.3, -0.25) is 5.41 Å². The molecule has 3 aliphatic rings. The standard InChI is InChI=1S/C20H12N6O2S/c1-27-12-7-6-11-20(25-12)29-17-14(24-11)10-5-3-2-4-9(10)13-16(17)28-19-15(26-13)18(21)22-8-23-19/h2-8,21,24H,1H3. The number of nitrogens with one attached hydrogen (secondary N) is 2. The molecule has 1 aromatic heterocycles. The Balaban J connectivity index is 1.75. The fourth-order valence-electron chi connectivity index (χ4n) is 3.49. The van der Waals surface area contributed by atoms with E-state index in [1.807, 2.05) is 36.4 Å². The SMILES string of the molecule is COc1ccc2c(n1)Sc1c(c3ccccc3c3nc4c(=N)ncnc-4oc13)N2. The minimum Gasteiger partial charge on any atom is -0.481 e. The number of aromatic nitrogens is 4. The molecular weight excluding hydrogens is 388 g/mol. The topological polar surface area (TPSA) is 110 Å². The van der Waals surface area contributed by atoms with Crippen LogP contribution < -0.4 is 15.5 Å². The molecule has 0 saturated heterocycles. The number of pyridine rings is 1. The first-order valence-corrected chi connectivity index (χ1v) is 9.59. The molecule has 2 N–H and O–H groups in total. The molecule has 0 aliphatic carbocycles. The molecule has 0 atom stereocenters. The smallest absolute Gasteiger partial charge is 0.251 e. The zero-order chi connectivity index (χ0) is 19.5. The van der Waals surface area contributed by atoms with Gasteiger partial charge in [-0.25, -0.2) is 15.0 Å². The van der Waals surface area contributed by atoms with Gasteiger partial charge in [-0.15, -0.1) is 0 Å². The van der Waals surface area contributed by atoms with E-state index in [-0.39, 0.29) is 11.4 Å². The van der Waals surface area contributed by atoms with Crippen molar-refractivity contribution in [2.24, 2.45) is 0 Å². The van der Waals surface area contributed by atoms with Crippen molar-refractivity contribution in [1.82, 2.24) is 19.9 Å². The van der Waals surface area contributed by atoms with Crippen LogP contribution in [0.2, 0.25) is 0 Å². The van der Waals surface area contributed by atoms with E-state index in [4.69, 9.17) is 19.5 Å². The Bertz CT molecular complexity index is 1480. The van der Waals surface area contributed by atoms with E-state index in [0.29, 0.717) is 22.7 Å². The van der Waals surface area contributed by atoms with Gasteiger partial charge in [0.05, 0.1) is 23.4 Å². The Morgan fingerprint density at radius 2 is 1.93 bits per heavy atom. The van der Waals surface area contributed by atoms with E-state index in [9.17, 15) is 0 Å². The number of benzene rings is 2. The van der Waals surface area contributed by atoms with Gasteiger partial charge in [0.15, 0.2) is 16.8 Å². The summed E-state index contributed by atoms with van der Waals surface area (Å²) in [7, 11) is 1.59. The van der Waals surface area contributed by atoms with Crippen molar-refractivity contribution in [3.8, 4) is 17.5 Å². The van der Waals surface area contributed by atoms with Gasteiger partial charge in [0.25, 0.3) is 5.89 Å². The van der Waals surface area contributed by atoms with Crippen LogP contribution in [-0.2, 0) is 0 Å². The Kier molecular flexibility index (Phi) is 3.30. The van der Waals surface area contributed by atoms with Crippen molar-refractivity contribution in [1.29, 1.82) is 5.41 Å². The molecular formula is C20H12N6O2S. The predicted molar refractivity (Wildman–Crippen MR) is 108 cm³/mol. The van der Waals surface area contributed by atoms with E-state index in [1.54, 1.807) is 7.11 Å². The fourth-order valence-corrected chi connectivity index (χ4v) is 4.54. The zero-order valence-corrected chi connectivity index (χ0v) is 15.9. The summed E-state index contributed by atoms with van der Waals surface area (Å²) in [5.74, 6) is 0.818. The molecule has 2 aromatic carbocycles. The molecule has 4 heterocycles. The van der Waals surface area contributed by atoms with Gasteiger partial charge in [-0.1, -0.05) is 36.0 Å². The van der Waals surface area contributed by atoms with Gasteiger partial charge in [0.1, 0.15) is 16.9 Å². The molecule has 29 heavy (non-hydrogen) atoms. The molecule has 140 valence electrons. The van der Waals surface area contributed by atoms with E-state index in [1.165, 1.54) is 18.1 Å². The van der Waals surface area contributed by atoms with Crippen molar-refractivity contribution in [3.63, 3.8) is 0 Å². The summed E-state index contributed by atoms with van der Waals surface area (Å²) in [6, 6.07) is 11.8. The molecule has 0 unspecified atom stereocenters. The molecule has 6 rings (SSSR count). The number of rotatable bonds is 1. The molecule has 8 nitrogen and oxygen atoms in total. The predicted octanol–water partition coefficient (Wildman–Crippen LogP) is 3.97. The van der Waals surface area contributed by atoms with Crippen LogP contribution in [0.25, 0.3) is 33.5 Å². The number of fused-ring (bicyclic) bond motifs is 8. The number of hydrogen-bond donors (Lipinski definition) is 2. The van der Waals surface area contributed by atoms with E-state index < -0.39 is 0 Å². The fraction of sp³-hybridized carbons (Fsp3) is 0.0500. The van der Waals surface area contributed by atoms with Crippen molar-refractivity contribution in [2.75, 3.05) is 12.4 Å². The number of anilines is 2. The van der Waals surface area contributed by atoms with Crippen LogP contribution in [-0.4, -0.2) is 27.0 Å². The highest BCUT2D eigenvalue weighted by molar-refractivity contribution is 7.99. The van der Waals surface area contributed by atoms with E-state index >= 15 is 0 Å². The van der Waals surface area contributed by atoms with Gasteiger partial charge in [0, 0.05) is 16.8 Å². The van der Waals surface area contributed by atoms with Crippen molar-refractivity contribution < 1.29 is 9.15 Å². The van der Waals surface area contributed by atoms with Crippen LogP contribution in [0, 0.1) is 5.41 Å². The summed E-state index contributed by atoms with van der Waals surface area (Å²) in [6.45, 7) is 0. The first-order chi connectivity index (χ1) is 14.2. The number of nitrogens with zero attached hydrogens (tertiary/aromatic N) is 4. The minimum absolute atomic E-state index is 0.0324. The molecule has 3 aromatic rings. The lowest BCUT2D eigenvalue weighted by atomic mass is 10.1. The highest BCUT2D eigenvalue weighted by Gasteiger charge is 2.26. The summed E-state index contributed by atoms with van der Waals surface area (Å²) in [5, 5.41) is 14.3. The third kappa shape index (κ3) is 2.31. The maximum Gasteiger partial charge on any atom is 0.251 e. The lowest BCUT2D eigenvalue weighted by Crippen LogP contribution is -2.13. The summed E-state index contributed by atoms with van der Waals surface area (Å²) in [4.78, 5) is 18.2. The van der Waals surface area contributed by atoms with Gasteiger partial charge < -0.3 is 14.5 Å². The quantitative estimate of drug-likeness (QED) is 0.315. The summed E-state index contributed by atoms with van der Waals surface area (Å²) >= 11 is 1.49. The lowest BCUT2D eigenvalue weighted by Gasteiger charge is -2.23. The Hall–Kier alpha value is -3.72. The van der Waals surface area contributed by atoms with Crippen molar-refractivity contribution >= 4 is 45.0 Å². The van der Waals surface area contributed by atoms with Gasteiger partial charge in [-0.2, -0.15) is 4.98 Å². The third-order valence-electron chi connectivity index (χ3n) is 4.81. The van der Waals surface area contributed by atoms with Crippen molar-refractivity contribution in [2.45, 2.75) is 9.92 Å². The van der Waals surface area contributed by atoms with Crippen LogP contribution in [0.5, 0.6) is 5.88 Å². The number of ether oxygens (including phenoxy) is 1. The monoisotopic (exact) mass is 400 g/mol. The number of hydrogen-bond acceptors (Lipinski definition) is 9. The Morgan fingerprint density at radius 3 is 2.79 bits per heavy atom. The average molecular weight is 400 g/mol. The van der Waals surface area contributed by atoms with Crippen LogP contribution >= 0.6 is 11.8 Å². The van der Waals surface area contributed by atoms with Crippen LogP contribution in [0.3, 0.4) is 0 Å². The van der Waals surface area contributed by atoms with Gasteiger partial charge in [0.2, 0.25) is 5.88 Å². The third-order valence-corrected chi connectivity index (χ3v) is 5.91. The second-order valence-corrected chi connectivity index (χ2v) is 7.45. The lowest BCUT2D eigenvalue weighted by molar-refractivity contribution is 0.394. The number of methoxy groups -OCH3 is 1. The maximum absolute atomic E-state index is 8.06. The Labute approximate surface area is 167 Å². The van der Waals surface area contributed by atoms with Crippen molar-refractivity contribution in [3.05, 3.63) is 48.2 Å². The molecule has 9 heteroatoms.